The normalized spacial score (nSPS) is 24.9. The first-order valence-corrected chi connectivity index (χ1v) is 17.4. The molecule has 2 fully saturated rings. The second kappa shape index (κ2) is 10.8. The van der Waals surface area contributed by atoms with Crippen LogP contribution in [0.1, 0.15) is 26.7 Å². The highest BCUT2D eigenvalue weighted by Gasteiger charge is 2.54. The van der Waals surface area contributed by atoms with Crippen LogP contribution in [0.4, 0.5) is 0 Å². The molecule has 0 aromatic carbocycles. The Morgan fingerprint density at radius 1 is 0.765 bits per heavy atom. The van der Waals surface area contributed by atoms with Gasteiger partial charge in [-0.25, -0.2) is 38.5 Å². The summed E-state index contributed by atoms with van der Waals surface area (Å²) in [4.78, 5) is 22.0. The van der Waals surface area contributed by atoms with Crippen LogP contribution in [0.15, 0.2) is 25.3 Å². The fourth-order valence-corrected chi connectivity index (χ4v) is 14.1. The van der Waals surface area contributed by atoms with Crippen LogP contribution in [0.3, 0.4) is 0 Å². The minimum atomic E-state index is -3.83. The van der Waals surface area contributed by atoms with E-state index in [1.54, 1.807) is 0 Å². The van der Waals surface area contributed by atoms with Crippen molar-refractivity contribution in [2.24, 2.45) is 0 Å². The molecule has 2 saturated heterocycles. The molecule has 0 aromatic rings. The zero-order valence-corrected chi connectivity index (χ0v) is 22.8. The lowest BCUT2D eigenvalue weighted by Gasteiger charge is -2.32. The molecular formula is C18H28O11S5. The number of thioether (sulfide) groups is 1. The average Bonchev–Trinajstić information content (AvgIpc) is 2.72. The van der Waals surface area contributed by atoms with E-state index >= 15 is 0 Å². The average molecular weight is 581 g/mol. The maximum Gasteiger partial charge on any atom is 0.330 e. The zero-order chi connectivity index (χ0) is 26.6. The van der Waals surface area contributed by atoms with Crippen LogP contribution in [0, 0.1) is 0 Å². The quantitative estimate of drug-likeness (QED) is 0.305. The number of carbonyl (C=O) groups is 2. The van der Waals surface area contributed by atoms with Gasteiger partial charge in [-0.05, 0) is 32.8 Å². The van der Waals surface area contributed by atoms with Crippen molar-refractivity contribution < 1.29 is 48.0 Å². The number of hydrogen-bond donors (Lipinski definition) is 0. The van der Waals surface area contributed by atoms with Crippen molar-refractivity contribution in [3.8, 4) is 0 Å². The van der Waals surface area contributed by atoms with Gasteiger partial charge in [-0.1, -0.05) is 24.9 Å². The molecule has 2 rings (SSSR count). The van der Waals surface area contributed by atoms with E-state index in [0.29, 0.717) is 11.8 Å². The first-order valence-electron chi connectivity index (χ1n) is 9.80. The predicted molar refractivity (Wildman–Crippen MR) is 130 cm³/mol. The Balaban J connectivity index is 0.000000340. The van der Waals surface area contributed by atoms with Crippen LogP contribution in [0.2, 0.25) is 0 Å². The number of carbonyl (C=O) groups excluding carboxylic acids is 2. The molecule has 2 aliphatic rings. The molecule has 0 spiro atoms. The molecule has 0 atom stereocenters. The van der Waals surface area contributed by atoms with Gasteiger partial charge in [0.15, 0.2) is 43.4 Å². The number of ether oxygens (including phenoxy) is 1. The highest BCUT2D eigenvalue weighted by Crippen LogP contribution is 2.35. The Morgan fingerprint density at radius 3 is 1.50 bits per heavy atom. The summed E-state index contributed by atoms with van der Waals surface area (Å²) < 4.78 is 95.5. The highest BCUT2D eigenvalue weighted by molar-refractivity contribution is 8.17. The lowest BCUT2D eigenvalue weighted by atomic mass is 10.5. The van der Waals surface area contributed by atoms with E-state index in [2.05, 4.69) is 17.9 Å². The molecule has 0 bridgehead atoms. The van der Waals surface area contributed by atoms with Crippen molar-refractivity contribution in [2.45, 2.75) is 34.8 Å². The molecule has 0 aromatic heterocycles. The second-order valence-electron chi connectivity index (χ2n) is 7.87. The summed E-state index contributed by atoms with van der Waals surface area (Å²) in [6.45, 7) is 7.96. The summed E-state index contributed by atoms with van der Waals surface area (Å²) in [5.74, 6) is -1.84. The van der Waals surface area contributed by atoms with Gasteiger partial charge in [-0.2, -0.15) is 0 Å². The van der Waals surface area contributed by atoms with Crippen molar-refractivity contribution in [1.29, 1.82) is 0 Å². The molecule has 2 heterocycles. The number of hydrogen-bond acceptors (Lipinski definition) is 12. The smallest absolute Gasteiger partial charge is 0.330 e. The van der Waals surface area contributed by atoms with Crippen LogP contribution in [-0.4, -0.2) is 88.3 Å². The lowest BCUT2D eigenvalue weighted by molar-refractivity contribution is -0.137. The molecule has 0 N–H and O–H groups in total. The molecule has 2 aliphatic heterocycles. The molecule has 11 nitrogen and oxygen atoms in total. The predicted octanol–water partition coefficient (Wildman–Crippen LogP) is 0.0468. The van der Waals surface area contributed by atoms with E-state index in [0.717, 1.165) is 19.1 Å². The van der Waals surface area contributed by atoms with E-state index < -0.39 is 65.2 Å². The van der Waals surface area contributed by atoms with Gasteiger partial charge in [0.2, 0.25) is 9.19 Å². The van der Waals surface area contributed by atoms with Gasteiger partial charge >= 0.3 is 5.97 Å². The fraction of sp³-hybridized carbons (Fsp3) is 0.667. The van der Waals surface area contributed by atoms with Gasteiger partial charge in [0.05, 0.1) is 23.0 Å². The van der Waals surface area contributed by atoms with Crippen LogP contribution in [0.25, 0.3) is 0 Å². The molecule has 0 aliphatic carbocycles. The summed E-state index contributed by atoms with van der Waals surface area (Å²) >= 11 is 0.671. The molecule has 0 amide bonds. The third kappa shape index (κ3) is 6.12. The summed E-state index contributed by atoms with van der Waals surface area (Å²) in [5.41, 5.74) is 0. The van der Waals surface area contributed by atoms with Crippen LogP contribution in [-0.2, 0) is 53.7 Å². The third-order valence-electron chi connectivity index (χ3n) is 5.57. The van der Waals surface area contributed by atoms with E-state index in [1.807, 2.05) is 0 Å². The van der Waals surface area contributed by atoms with Crippen LogP contribution in [0.5, 0.6) is 0 Å². The minimum absolute atomic E-state index is 0.0790. The molecule has 16 heteroatoms. The zero-order valence-electron chi connectivity index (χ0n) is 18.8. The van der Waals surface area contributed by atoms with Crippen molar-refractivity contribution in [3.63, 3.8) is 0 Å². The highest BCUT2D eigenvalue weighted by atomic mass is 32.3. The first-order chi connectivity index (χ1) is 15.3. The lowest BCUT2D eigenvalue weighted by Crippen LogP contribution is -2.53. The van der Waals surface area contributed by atoms with Gasteiger partial charge in [-0.15, -0.1) is 0 Å². The van der Waals surface area contributed by atoms with E-state index in [1.165, 1.54) is 6.92 Å². The largest absolute Gasteiger partial charge is 0.460 e. The van der Waals surface area contributed by atoms with E-state index in [4.69, 9.17) is 0 Å². The van der Waals surface area contributed by atoms with Gasteiger partial charge in [0.25, 0.3) is 0 Å². The second-order valence-corrected chi connectivity index (χ2v) is 19.5. The molecule has 0 radical (unpaired) electrons. The fourth-order valence-electron chi connectivity index (χ4n) is 3.01. The molecule has 196 valence electrons. The van der Waals surface area contributed by atoms with Crippen LogP contribution >= 0.6 is 11.8 Å². The summed E-state index contributed by atoms with van der Waals surface area (Å²) in [6.07, 6.45) is 2.09. The summed E-state index contributed by atoms with van der Waals surface area (Å²) in [7, 11) is -15.1. The topological polar surface area (TPSA) is 180 Å². The monoisotopic (exact) mass is 580 g/mol. The molecular weight excluding hydrogens is 553 g/mol. The van der Waals surface area contributed by atoms with Gasteiger partial charge in [0, 0.05) is 11.8 Å². The SMILES string of the molecule is C=CC(=O)OCC1(C)S(=O)(=O)CCCS1(=O)=O.C=CC(=O)SCC1(C)S(=O)(=O)CCCS1(=O)=O. The third-order valence-corrected chi connectivity index (χ3v) is 19.2. The Hall–Kier alpha value is -1.23. The van der Waals surface area contributed by atoms with Crippen molar-refractivity contribution in [3.05, 3.63) is 25.3 Å². The van der Waals surface area contributed by atoms with Crippen molar-refractivity contribution >= 4 is 62.2 Å². The first kappa shape index (κ1) is 30.8. The molecule has 0 saturated carbocycles. The molecule has 34 heavy (non-hydrogen) atoms. The summed E-state index contributed by atoms with van der Waals surface area (Å²) in [5, 5.41) is -0.429. The number of sulfone groups is 4. The van der Waals surface area contributed by atoms with Crippen molar-refractivity contribution in [1.82, 2.24) is 0 Å². The molecule has 0 unspecified atom stereocenters. The van der Waals surface area contributed by atoms with E-state index in [9.17, 15) is 43.3 Å². The van der Waals surface area contributed by atoms with E-state index in [-0.39, 0.29) is 41.6 Å². The Kier molecular flexibility index (Phi) is 9.79. The number of esters is 1. The van der Waals surface area contributed by atoms with Gasteiger partial charge < -0.3 is 4.74 Å². The minimum Gasteiger partial charge on any atom is -0.460 e. The standard InChI is InChI=1S/C9H14O6S2.C9H14O5S3/c2*1-3-8(10)15-7-9(2)16(11,12)5-4-6-17(9,13)14/h2*3H,1,4-7H2,2H3. The van der Waals surface area contributed by atoms with Gasteiger partial charge in [-0.3, -0.25) is 4.79 Å². The Bertz CT molecular complexity index is 1090. The maximum absolute atomic E-state index is 11.9. The number of rotatable bonds is 6. The van der Waals surface area contributed by atoms with Crippen LogP contribution < -0.4 is 0 Å². The van der Waals surface area contributed by atoms with Crippen molar-refractivity contribution in [2.75, 3.05) is 35.4 Å². The Labute approximate surface area is 205 Å². The Morgan fingerprint density at radius 2 is 1.15 bits per heavy atom. The van der Waals surface area contributed by atoms with Gasteiger partial charge in [0.1, 0.15) is 6.61 Å². The maximum atomic E-state index is 11.9. The summed E-state index contributed by atoms with van der Waals surface area (Å²) in [6, 6.07) is 0.